The molecule has 9 nitrogen and oxygen atoms in total. The molecule has 1 aromatic heterocycles. The Morgan fingerprint density at radius 1 is 1.03 bits per heavy atom. The van der Waals surface area contributed by atoms with Gasteiger partial charge in [0.1, 0.15) is 11.9 Å². The number of carbonyl (C=O) groups is 2. The van der Waals surface area contributed by atoms with Crippen molar-refractivity contribution in [2.45, 2.75) is 30.2 Å². The lowest BCUT2D eigenvalue weighted by atomic mass is 10.0. The lowest BCUT2D eigenvalue weighted by Gasteiger charge is -2.18. The Hall–Kier alpha value is -3.92. The number of nitrogens with one attached hydrogen (secondary N) is 3. The van der Waals surface area contributed by atoms with E-state index in [0.29, 0.717) is 18.8 Å². The highest BCUT2D eigenvalue weighted by Gasteiger charge is 2.24. The van der Waals surface area contributed by atoms with E-state index in [0.717, 1.165) is 12.0 Å². The lowest BCUT2D eigenvalue weighted by Crippen LogP contribution is -2.45. The fourth-order valence-electron chi connectivity index (χ4n) is 3.50. The van der Waals surface area contributed by atoms with Crippen LogP contribution < -0.4 is 15.4 Å². The van der Waals surface area contributed by atoms with Crippen molar-refractivity contribution in [1.82, 2.24) is 10.0 Å². The van der Waals surface area contributed by atoms with E-state index in [4.69, 9.17) is 4.42 Å². The predicted molar refractivity (Wildman–Crippen MR) is 127 cm³/mol. The number of benzene rings is 2. The largest absolute Gasteiger partial charge is 0.459 e. The van der Waals surface area contributed by atoms with E-state index in [9.17, 15) is 18.0 Å². The summed E-state index contributed by atoms with van der Waals surface area (Å²) in [5.41, 5.74) is 1.13. The number of anilines is 1. The summed E-state index contributed by atoms with van der Waals surface area (Å²) in [7, 11) is -3.83. The second kappa shape index (κ2) is 10.3. The van der Waals surface area contributed by atoms with Crippen molar-refractivity contribution in [2.24, 2.45) is 4.99 Å². The van der Waals surface area contributed by atoms with Gasteiger partial charge in [-0.3, -0.25) is 19.3 Å². The topological polar surface area (TPSA) is 130 Å². The Balaban J connectivity index is 1.51. The lowest BCUT2D eigenvalue weighted by molar-refractivity contribution is -0.118. The Morgan fingerprint density at radius 2 is 1.85 bits per heavy atom. The molecule has 0 spiro atoms. The third kappa shape index (κ3) is 5.90. The van der Waals surface area contributed by atoms with Crippen LogP contribution in [0.3, 0.4) is 0 Å². The maximum Gasteiger partial charge on any atom is 0.287 e. The van der Waals surface area contributed by atoms with Gasteiger partial charge in [-0.2, -0.15) is 0 Å². The van der Waals surface area contributed by atoms with Gasteiger partial charge in [-0.25, -0.2) is 8.42 Å². The van der Waals surface area contributed by atoms with Crippen molar-refractivity contribution in [3.05, 3.63) is 84.3 Å². The van der Waals surface area contributed by atoms with Crippen molar-refractivity contribution < 1.29 is 22.4 Å². The molecule has 2 amide bonds. The third-order valence-electron chi connectivity index (χ3n) is 5.19. The van der Waals surface area contributed by atoms with Crippen molar-refractivity contribution in [3.8, 4) is 0 Å². The predicted octanol–water partition coefficient (Wildman–Crippen LogP) is 2.73. The van der Waals surface area contributed by atoms with Crippen molar-refractivity contribution >= 4 is 33.4 Å². The molecule has 1 unspecified atom stereocenters. The summed E-state index contributed by atoms with van der Waals surface area (Å²) in [6.07, 6.45) is 2.99. The average Bonchev–Trinajstić information content (AvgIpc) is 3.54. The smallest absolute Gasteiger partial charge is 0.287 e. The number of carbonyl (C=O) groups excluding carboxylic acids is 2. The fraction of sp³-hybridized carbons (Fsp3) is 0.208. The fourth-order valence-corrected chi connectivity index (χ4v) is 4.64. The van der Waals surface area contributed by atoms with Crippen molar-refractivity contribution in [3.63, 3.8) is 0 Å². The summed E-state index contributed by atoms with van der Waals surface area (Å²) in [5, 5.41) is 5.40. The molecule has 0 aliphatic carbocycles. The molecule has 2 heterocycles. The molecule has 1 aliphatic heterocycles. The highest BCUT2D eigenvalue weighted by molar-refractivity contribution is 7.90. The van der Waals surface area contributed by atoms with Gasteiger partial charge in [0.25, 0.3) is 15.9 Å². The summed E-state index contributed by atoms with van der Waals surface area (Å²) >= 11 is 0. The van der Waals surface area contributed by atoms with Crippen LogP contribution in [0.25, 0.3) is 0 Å². The minimum atomic E-state index is -3.83. The maximum atomic E-state index is 13.1. The van der Waals surface area contributed by atoms with E-state index in [1.807, 2.05) is 30.3 Å². The number of sulfonamides is 1. The summed E-state index contributed by atoms with van der Waals surface area (Å²) in [5.74, 6) is -0.511. The van der Waals surface area contributed by atoms with Crippen LogP contribution >= 0.6 is 0 Å². The molecule has 2 aromatic carbocycles. The SMILES string of the molecule is O=C(NC(Cc1ccccc1)C(=O)Nc1cccc(S(=O)(=O)NC2=NCCC2)c1)c1ccco1. The first-order valence-corrected chi connectivity index (χ1v) is 12.2. The van der Waals surface area contributed by atoms with Gasteiger partial charge in [-0.15, -0.1) is 0 Å². The minimum Gasteiger partial charge on any atom is -0.459 e. The van der Waals surface area contributed by atoms with Crippen molar-refractivity contribution in [2.75, 3.05) is 11.9 Å². The van der Waals surface area contributed by atoms with Crippen LogP contribution in [0.5, 0.6) is 0 Å². The van der Waals surface area contributed by atoms with Crippen LogP contribution in [0, 0.1) is 0 Å². The molecule has 3 N–H and O–H groups in total. The van der Waals surface area contributed by atoms with Gasteiger partial charge in [0.15, 0.2) is 5.76 Å². The molecule has 0 bridgehead atoms. The number of rotatable bonds is 8. The second-order valence-electron chi connectivity index (χ2n) is 7.75. The number of aliphatic imine (C=N–C) groups is 1. The molecule has 0 saturated heterocycles. The van der Waals surface area contributed by atoms with Crippen LogP contribution in [0.1, 0.15) is 29.0 Å². The van der Waals surface area contributed by atoms with E-state index in [1.165, 1.54) is 30.5 Å². The van der Waals surface area contributed by atoms with Crippen LogP contribution in [0.2, 0.25) is 0 Å². The zero-order valence-corrected chi connectivity index (χ0v) is 19.0. The molecule has 3 aromatic rings. The van der Waals surface area contributed by atoms with Crippen LogP contribution in [0.15, 0.2) is 87.3 Å². The van der Waals surface area contributed by atoms with Gasteiger partial charge >= 0.3 is 0 Å². The highest BCUT2D eigenvalue weighted by Crippen LogP contribution is 2.17. The van der Waals surface area contributed by atoms with Crippen LogP contribution in [0.4, 0.5) is 5.69 Å². The highest BCUT2D eigenvalue weighted by atomic mass is 32.2. The zero-order chi connectivity index (χ0) is 24.0. The molecular formula is C24H24N4O5S. The third-order valence-corrected chi connectivity index (χ3v) is 6.57. The maximum absolute atomic E-state index is 13.1. The molecule has 1 aliphatic rings. The Morgan fingerprint density at radius 3 is 2.56 bits per heavy atom. The van der Waals surface area contributed by atoms with E-state index >= 15 is 0 Å². The van der Waals surface area contributed by atoms with Gasteiger partial charge in [0, 0.05) is 25.1 Å². The Bertz CT molecular complexity index is 1290. The van der Waals surface area contributed by atoms with Gasteiger partial charge in [-0.05, 0) is 42.3 Å². The molecule has 10 heteroatoms. The summed E-state index contributed by atoms with van der Waals surface area (Å²) in [6.45, 7) is 0.598. The monoisotopic (exact) mass is 480 g/mol. The van der Waals surface area contributed by atoms with Gasteiger partial charge < -0.3 is 15.1 Å². The molecule has 1 atom stereocenters. The van der Waals surface area contributed by atoms with E-state index in [2.05, 4.69) is 20.3 Å². The van der Waals surface area contributed by atoms with Gasteiger partial charge in [0.2, 0.25) is 5.91 Å². The normalized spacial score (nSPS) is 14.2. The summed E-state index contributed by atoms with van der Waals surface area (Å²) < 4.78 is 33.0. The Kier molecular flexibility index (Phi) is 7.07. The molecule has 176 valence electrons. The van der Waals surface area contributed by atoms with Crippen LogP contribution in [-0.4, -0.2) is 38.7 Å². The first-order valence-electron chi connectivity index (χ1n) is 10.8. The molecule has 0 saturated carbocycles. The molecule has 4 rings (SSSR count). The number of furan rings is 1. The molecule has 0 fully saturated rings. The number of hydrogen-bond acceptors (Lipinski definition) is 6. The first kappa shape index (κ1) is 23.2. The van der Waals surface area contributed by atoms with E-state index < -0.39 is 27.9 Å². The molecular weight excluding hydrogens is 456 g/mol. The van der Waals surface area contributed by atoms with E-state index in [1.54, 1.807) is 12.1 Å². The summed E-state index contributed by atoms with van der Waals surface area (Å²) in [6, 6.07) is 17.3. The summed E-state index contributed by atoms with van der Waals surface area (Å²) in [4.78, 5) is 29.8. The quantitative estimate of drug-likeness (QED) is 0.456. The van der Waals surface area contributed by atoms with Crippen LogP contribution in [-0.2, 0) is 21.2 Å². The van der Waals surface area contributed by atoms with Crippen molar-refractivity contribution in [1.29, 1.82) is 0 Å². The molecule has 34 heavy (non-hydrogen) atoms. The number of amidine groups is 1. The zero-order valence-electron chi connectivity index (χ0n) is 18.2. The van der Waals surface area contributed by atoms with Gasteiger partial charge in [0.05, 0.1) is 11.2 Å². The van der Waals surface area contributed by atoms with Gasteiger partial charge in [-0.1, -0.05) is 36.4 Å². The Labute approximate surface area is 197 Å². The molecule has 0 radical (unpaired) electrons. The number of amides is 2. The first-order chi connectivity index (χ1) is 16.4. The minimum absolute atomic E-state index is 0.000805. The number of nitrogens with zero attached hydrogens (tertiary/aromatic N) is 1. The average molecular weight is 481 g/mol. The standard InChI is InChI=1S/C24H24N4O5S/c29-23(20(15-17-7-2-1-3-8-17)27-24(30)21-11-6-14-33-21)26-18-9-4-10-19(16-18)34(31,32)28-22-12-5-13-25-22/h1-4,6-11,14,16,20H,5,12-13,15H2,(H,25,28)(H,26,29)(H,27,30). The number of hydrogen-bond donors (Lipinski definition) is 3. The second-order valence-corrected chi connectivity index (χ2v) is 9.43. The van der Waals surface area contributed by atoms with E-state index in [-0.39, 0.29) is 22.8 Å².